The average Bonchev–Trinajstić information content (AvgIpc) is 2.70. The summed E-state index contributed by atoms with van der Waals surface area (Å²) in [5.74, 6) is 1.39. The molecule has 1 aromatic rings. The van der Waals surface area contributed by atoms with Gasteiger partial charge in [0.15, 0.2) is 5.96 Å². The molecule has 1 fully saturated rings. The van der Waals surface area contributed by atoms with Crippen molar-refractivity contribution in [1.29, 1.82) is 0 Å². The van der Waals surface area contributed by atoms with Gasteiger partial charge in [-0.15, -0.1) is 24.0 Å². The summed E-state index contributed by atoms with van der Waals surface area (Å²) < 4.78 is 0. The number of nitrogens with one attached hydrogen (secondary N) is 3. The third kappa shape index (κ3) is 7.29. The summed E-state index contributed by atoms with van der Waals surface area (Å²) in [5.41, 5.74) is 1.77. The molecule has 0 atom stereocenters. The normalized spacial score (nSPS) is 14.8. The highest BCUT2D eigenvalue weighted by atomic mass is 127. The van der Waals surface area contributed by atoms with Crippen LogP contribution in [0.15, 0.2) is 29.3 Å². The maximum atomic E-state index is 11.8. The third-order valence-corrected chi connectivity index (χ3v) is 4.88. The number of carbonyl (C=O) groups is 2. The molecule has 2 rings (SSSR count). The zero-order valence-corrected chi connectivity index (χ0v) is 19.3. The molecule has 0 aliphatic carbocycles. The van der Waals surface area contributed by atoms with Crippen molar-refractivity contribution >= 4 is 41.8 Å². The van der Waals surface area contributed by atoms with E-state index < -0.39 is 0 Å². The number of piperidine rings is 1. The lowest BCUT2D eigenvalue weighted by Gasteiger charge is -2.34. The van der Waals surface area contributed by atoms with Gasteiger partial charge >= 0.3 is 0 Å². The highest BCUT2D eigenvalue weighted by Gasteiger charge is 2.23. The number of benzene rings is 1. The molecule has 0 spiro atoms. The number of nitrogens with zero attached hydrogens (tertiary/aromatic N) is 2. The number of carbonyl (C=O) groups excluding carboxylic acids is 2. The van der Waals surface area contributed by atoms with Gasteiger partial charge in [0.05, 0.1) is 0 Å². The Morgan fingerprint density at radius 3 is 2.32 bits per heavy atom. The molecule has 3 N–H and O–H groups in total. The number of rotatable bonds is 6. The molecule has 1 aliphatic rings. The zero-order chi connectivity index (χ0) is 19.6. The standard InChI is InChI=1S/C20H31N5O2.HI/c1-4-23-19(27)17-7-5-16(6-8-17)14-24-20(22-3)25-11-9-15(10-12-25)13-18(26)21-2;/h5-8,15H,4,9-14H2,1-3H3,(H,21,26)(H,22,24)(H,23,27);1H. The van der Waals surface area contributed by atoms with Gasteiger partial charge in [-0.05, 0) is 43.4 Å². The van der Waals surface area contributed by atoms with Crippen molar-refractivity contribution in [2.45, 2.75) is 32.7 Å². The molecule has 0 aromatic heterocycles. The topological polar surface area (TPSA) is 85.8 Å². The van der Waals surface area contributed by atoms with Crippen molar-refractivity contribution in [2.75, 3.05) is 33.7 Å². The van der Waals surface area contributed by atoms with E-state index in [1.165, 1.54) is 0 Å². The molecule has 2 amide bonds. The fraction of sp³-hybridized carbons (Fsp3) is 0.550. The number of halogens is 1. The maximum absolute atomic E-state index is 11.8. The Morgan fingerprint density at radius 2 is 1.79 bits per heavy atom. The minimum Gasteiger partial charge on any atom is -0.359 e. The van der Waals surface area contributed by atoms with Crippen LogP contribution in [0.5, 0.6) is 0 Å². The van der Waals surface area contributed by atoms with Crippen molar-refractivity contribution in [3.8, 4) is 0 Å². The summed E-state index contributed by atoms with van der Waals surface area (Å²) >= 11 is 0. The summed E-state index contributed by atoms with van der Waals surface area (Å²) in [6, 6.07) is 7.60. The lowest BCUT2D eigenvalue weighted by atomic mass is 9.93. The molecular formula is C20H32IN5O2. The summed E-state index contributed by atoms with van der Waals surface area (Å²) in [6.07, 6.45) is 2.60. The SMILES string of the molecule is CCNC(=O)c1ccc(CNC(=NC)N2CCC(CC(=O)NC)CC2)cc1.I. The summed E-state index contributed by atoms with van der Waals surface area (Å²) in [6.45, 7) is 4.98. The molecule has 0 unspecified atom stereocenters. The van der Waals surface area contributed by atoms with E-state index in [0.29, 0.717) is 31.0 Å². The molecule has 8 heteroatoms. The van der Waals surface area contributed by atoms with Gasteiger partial charge in [0.1, 0.15) is 0 Å². The van der Waals surface area contributed by atoms with Gasteiger partial charge < -0.3 is 20.9 Å². The average molecular weight is 501 g/mol. The largest absolute Gasteiger partial charge is 0.359 e. The van der Waals surface area contributed by atoms with Crippen LogP contribution in [0.4, 0.5) is 0 Å². The summed E-state index contributed by atoms with van der Waals surface area (Å²) in [7, 11) is 3.48. The maximum Gasteiger partial charge on any atom is 0.251 e. The van der Waals surface area contributed by atoms with Gasteiger partial charge in [-0.2, -0.15) is 0 Å². The van der Waals surface area contributed by atoms with Crippen molar-refractivity contribution < 1.29 is 9.59 Å². The molecule has 156 valence electrons. The number of likely N-dealkylation sites (tertiary alicyclic amines) is 1. The lowest BCUT2D eigenvalue weighted by molar-refractivity contribution is -0.121. The molecule has 28 heavy (non-hydrogen) atoms. The first-order valence-electron chi connectivity index (χ1n) is 9.60. The monoisotopic (exact) mass is 501 g/mol. The van der Waals surface area contributed by atoms with E-state index in [-0.39, 0.29) is 35.8 Å². The number of aliphatic imine (C=N–C) groups is 1. The van der Waals surface area contributed by atoms with Crippen molar-refractivity contribution in [1.82, 2.24) is 20.9 Å². The van der Waals surface area contributed by atoms with Crippen LogP contribution in [0.1, 0.15) is 42.1 Å². The fourth-order valence-corrected chi connectivity index (χ4v) is 3.26. The van der Waals surface area contributed by atoms with Crippen LogP contribution in [-0.2, 0) is 11.3 Å². The third-order valence-electron chi connectivity index (χ3n) is 4.88. The fourth-order valence-electron chi connectivity index (χ4n) is 3.26. The molecule has 0 saturated carbocycles. The molecule has 0 radical (unpaired) electrons. The summed E-state index contributed by atoms with van der Waals surface area (Å²) in [4.78, 5) is 30.0. The molecule has 1 heterocycles. The van der Waals surface area contributed by atoms with E-state index >= 15 is 0 Å². The van der Waals surface area contributed by atoms with E-state index in [1.807, 2.05) is 31.2 Å². The first-order valence-corrected chi connectivity index (χ1v) is 9.60. The second-order valence-electron chi connectivity index (χ2n) is 6.76. The van der Waals surface area contributed by atoms with Crippen molar-refractivity contribution in [3.05, 3.63) is 35.4 Å². The van der Waals surface area contributed by atoms with Crippen LogP contribution in [0.3, 0.4) is 0 Å². The number of amides is 2. The Kier molecular flexibility index (Phi) is 10.9. The second kappa shape index (κ2) is 12.6. The minimum absolute atomic E-state index is 0. The quantitative estimate of drug-likeness (QED) is 0.316. The van der Waals surface area contributed by atoms with E-state index in [4.69, 9.17) is 0 Å². The van der Waals surface area contributed by atoms with Crippen LogP contribution in [0, 0.1) is 5.92 Å². The molecule has 7 nitrogen and oxygen atoms in total. The van der Waals surface area contributed by atoms with Gasteiger partial charge in [0.25, 0.3) is 5.91 Å². The highest BCUT2D eigenvalue weighted by molar-refractivity contribution is 14.0. The van der Waals surface area contributed by atoms with E-state index in [9.17, 15) is 9.59 Å². The Balaban J connectivity index is 0.00000392. The Labute approximate surface area is 184 Å². The van der Waals surface area contributed by atoms with Gasteiger partial charge in [0, 0.05) is 52.3 Å². The molecule has 1 aromatic carbocycles. The van der Waals surface area contributed by atoms with Gasteiger partial charge in [-0.3, -0.25) is 14.6 Å². The van der Waals surface area contributed by atoms with E-state index in [2.05, 4.69) is 25.8 Å². The summed E-state index contributed by atoms with van der Waals surface area (Å²) in [5, 5.41) is 8.89. The van der Waals surface area contributed by atoms with Crippen molar-refractivity contribution in [3.63, 3.8) is 0 Å². The highest BCUT2D eigenvalue weighted by Crippen LogP contribution is 2.20. The second-order valence-corrected chi connectivity index (χ2v) is 6.76. The zero-order valence-electron chi connectivity index (χ0n) is 17.0. The van der Waals surface area contributed by atoms with Crippen LogP contribution in [-0.4, -0.2) is 56.4 Å². The van der Waals surface area contributed by atoms with Crippen molar-refractivity contribution in [2.24, 2.45) is 10.9 Å². The molecule has 1 aliphatic heterocycles. The molecule has 1 saturated heterocycles. The first-order chi connectivity index (χ1) is 13.1. The molecule has 0 bridgehead atoms. The van der Waals surface area contributed by atoms with E-state index in [0.717, 1.165) is 37.5 Å². The predicted molar refractivity (Wildman–Crippen MR) is 123 cm³/mol. The Morgan fingerprint density at radius 1 is 1.14 bits per heavy atom. The lowest BCUT2D eigenvalue weighted by Crippen LogP contribution is -2.45. The van der Waals surface area contributed by atoms with Crippen LogP contribution >= 0.6 is 24.0 Å². The Hall–Kier alpha value is -1.84. The van der Waals surface area contributed by atoms with Crippen LogP contribution in [0.25, 0.3) is 0 Å². The smallest absolute Gasteiger partial charge is 0.251 e. The van der Waals surface area contributed by atoms with Gasteiger partial charge in [-0.25, -0.2) is 0 Å². The van der Waals surface area contributed by atoms with Crippen LogP contribution in [0.2, 0.25) is 0 Å². The Bertz CT molecular complexity index is 655. The number of hydrogen-bond acceptors (Lipinski definition) is 3. The predicted octanol–water partition coefficient (Wildman–Crippen LogP) is 1.98. The van der Waals surface area contributed by atoms with Crippen LogP contribution < -0.4 is 16.0 Å². The first kappa shape index (κ1) is 24.2. The van der Waals surface area contributed by atoms with Gasteiger partial charge in [-0.1, -0.05) is 12.1 Å². The number of hydrogen-bond donors (Lipinski definition) is 3. The molecular weight excluding hydrogens is 469 g/mol. The number of guanidine groups is 1. The minimum atomic E-state index is -0.0487. The van der Waals surface area contributed by atoms with Gasteiger partial charge in [0.2, 0.25) is 5.91 Å². The van der Waals surface area contributed by atoms with E-state index in [1.54, 1.807) is 14.1 Å².